The van der Waals surface area contributed by atoms with Crippen molar-refractivity contribution in [3.8, 4) is 5.69 Å². The molecule has 1 aromatic heterocycles. The Bertz CT molecular complexity index is 702. The van der Waals surface area contributed by atoms with Crippen molar-refractivity contribution in [1.82, 2.24) is 9.78 Å². The molecule has 22 heavy (non-hydrogen) atoms. The first kappa shape index (κ1) is 14.4. The summed E-state index contributed by atoms with van der Waals surface area (Å²) in [6.07, 6.45) is 7.56. The van der Waals surface area contributed by atoms with E-state index >= 15 is 0 Å². The fourth-order valence-corrected chi connectivity index (χ4v) is 4.09. The van der Waals surface area contributed by atoms with Gasteiger partial charge in [-0.25, -0.2) is 4.68 Å². The molecule has 0 amide bonds. The third-order valence-electron chi connectivity index (χ3n) is 4.81. The maximum absolute atomic E-state index is 6.38. The normalized spacial score (nSPS) is 18.3. The molecule has 1 saturated carbocycles. The lowest BCUT2D eigenvalue weighted by Gasteiger charge is -2.20. The summed E-state index contributed by atoms with van der Waals surface area (Å²) in [5, 5.41) is 9.77. The fraction of sp³-hybridized carbons (Fsp3) is 0.471. The topological polar surface area (TPSA) is 29.9 Å². The molecule has 1 aliphatic heterocycles. The number of nitrogens with one attached hydrogen (secondary N) is 1. The third-order valence-corrected chi connectivity index (χ3v) is 5.36. The highest BCUT2D eigenvalue weighted by Gasteiger charge is 2.29. The Morgan fingerprint density at radius 1 is 1.14 bits per heavy atom. The average Bonchev–Trinajstić information content (AvgIpc) is 3.13. The van der Waals surface area contributed by atoms with Crippen LogP contribution in [-0.2, 0) is 6.42 Å². The zero-order valence-corrected chi connectivity index (χ0v) is 13.9. The second-order valence-corrected chi connectivity index (χ2v) is 7.08. The van der Waals surface area contributed by atoms with Crippen LogP contribution < -0.4 is 5.32 Å². The molecule has 0 spiro atoms. The number of hydrogen-bond acceptors (Lipinski definition) is 2. The molecule has 0 radical (unpaired) electrons. The van der Waals surface area contributed by atoms with Gasteiger partial charge in [0.25, 0.3) is 0 Å². The highest BCUT2D eigenvalue weighted by molar-refractivity contribution is 6.34. The molecule has 1 N–H and O–H groups in total. The monoisotopic (exact) mass is 335 g/mol. The molecule has 1 aliphatic carbocycles. The second kappa shape index (κ2) is 5.78. The lowest BCUT2D eigenvalue weighted by Crippen LogP contribution is -2.10. The minimum atomic E-state index is 0.599. The number of fused-ring (bicyclic) bond motifs is 1. The molecule has 0 bridgehead atoms. The first-order valence-corrected chi connectivity index (χ1v) is 8.81. The third kappa shape index (κ3) is 2.40. The summed E-state index contributed by atoms with van der Waals surface area (Å²) >= 11 is 12.5. The molecule has 0 unspecified atom stereocenters. The molecule has 4 rings (SSSR count). The Morgan fingerprint density at radius 3 is 2.77 bits per heavy atom. The van der Waals surface area contributed by atoms with Gasteiger partial charge in [-0.05, 0) is 37.5 Å². The lowest BCUT2D eigenvalue weighted by molar-refractivity contribution is 0.433. The standard InChI is InChI=1S/C17H19Cl2N3/c18-12-6-7-14(19)15(10-12)22-17-13(8-9-20-17)16(21-22)11-4-2-1-3-5-11/h6-7,10-11,20H,1-5,8-9H2. The van der Waals surface area contributed by atoms with E-state index in [1.54, 1.807) is 0 Å². The number of anilines is 1. The van der Waals surface area contributed by atoms with Crippen LogP contribution in [0, 0.1) is 0 Å². The average molecular weight is 336 g/mol. The Labute approximate surface area is 140 Å². The first-order valence-electron chi connectivity index (χ1n) is 8.05. The number of hydrogen-bond donors (Lipinski definition) is 1. The van der Waals surface area contributed by atoms with Crippen LogP contribution in [0.3, 0.4) is 0 Å². The summed E-state index contributed by atoms with van der Waals surface area (Å²) in [5.41, 5.74) is 3.51. The predicted octanol–water partition coefficient (Wildman–Crippen LogP) is 5.19. The SMILES string of the molecule is Clc1ccc(Cl)c(-n2nc(C3CCCCC3)c3c2NCC3)c1. The second-order valence-electron chi connectivity index (χ2n) is 6.23. The van der Waals surface area contributed by atoms with Gasteiger partial charge in [0.2, 0.25) is 0 Å². The number of halogens is 2. The van der Waals surface area contributed by atoms with E-state index in [9.17, 15) is 0 Å². The quantitative estimate of drug-likeness (QED) is 0.817. The van der Waals surface area contributed by atoms with Crippen LogP contribution in [-0.4, -0.2) is 16.3 Å². The van der Waals surface area contributed by atoms with Gasteiger partial charge in [-0.1, -0.05) is 42.5 Å². The highest BCUT2D eigenvalue weighted by Crippen LogP contribution is 2.40. The summed E-state index contributed by atoms with van der Waals surface area (Å²) in [6, 6.07) is 5.54. The molecular weight excluding hydrogens is 317 g/mol. The van der Waals surface area contributed by atoms with E-state index in [1.165, 1.54) is 43.4 Å². The van der Waals surface area contributed by atoms with Crippen molar-refractivity contribution in [3.05, 3.63) is 39.5 Å². The van der Waals surface area contributed by atoms with Crippen molar-refractivity contribution in [3.63, 3.8) is 0 Å². The van der Waals surface area contributed by atoms with Crippen molar-refractivity contribution in [1.29, 1.82) is 0 Å². The van der Waals surface area contributed by atoms with Gasteiger partial charge >= 0.3 is 0 Å². The number of rotatable bonds is 2. The van der Waals surface area contributed by atoms with Crippen LogP contribution in [0.1, 0.15) is 49.3 Å². The van der Waals surface area contributed by atoms with Gasteiger partial charge in [0.05, 0.1) is 16.4 Å². The van der Waals surface area contributed by atoms with E-state index in [-0.39, 0.29) is 0 Å². The molecule has 0 saturated heterocycles. The zero-order chi connectivity index (χ0) is 15.1. The minimum Gasteiger partial charge on any atom is -0.369 e. The van der Waals surface area contributed by atoms with E-state index in [1.807, 2.05) is 22.9 Å². The fourth-order valence-electron chi connectivity index (χ4n) is 3.73. The van der Waals surface area contributed by atoms with Gasteiger partial charge in [-0.15, -0.1) is 0 Å². The summed E-state index contributed by atoms with van der Waals surface area (Å²) in [6.45, 7) is 0.977. The Kier molecular flexibility index (Phi) is 3.79. The summed E-state index contributed by atoms with van der Waals surface area (Å²) in [4.78, 5) is 0. The molecule has 1 fully saturated rings. The van der Waals surface area contributed by atoms with Crippen LogP contribution in [0.5, 0.6) is 0 Å². The van der Waals surface area contributed by atoms with Crippen molar-refractivity contribution in [2.24, 2.45) is 0 Å². The maximum Gasteiger partial charge on any atom is 0.133 e. The van der Waals surface area contributed by atoms with Crippen molar-refractivity contribution in [2.45, 2.75) is 44.4 Å². The lowest BCUT2D eigenvalue weighted by atomic mass is 9.85. The number of benzene rings is 1. The van der Waals surface area contributed by atoms with Crippen molar-refractivity contribution >= 4 is 29.0 Å². The molecule has 116 valence electrons. The number of aromatic nitrogens is 2. The van der Waals surface area contributed by atoms with Gasteiger partial charge in [-0.2, -0.15) is 5.10 Å². The minimum absolute atomic E-state index is 0.599. The maximum atomic E-state index is 6.38. The van der Waals surface area contributed by atoms with E-state index in [0.717, 1.165) is 24.5 Å². The van der Waals surface area contributed by atoms with Gasteiger partial charge in [0, 0.05) is 23.0 Å². The molecule has 2 aromatic rings. The molecule has 0 atom stereocenters. The van der Waals surface area contributed by atoms with E-state index < -0.39 is 0 Å². The molecule has 2 heterocycles. The molecular formula is C17H19Cl2N3. The zero-order valence-electron chi connectivity index (χ0n) is 12.4. The van der Waals surface area contributed by atoms with E-state index in [0.29, 0.717) is 16.0 Å². The first-order chi connectivity index (χ1) is 10.7. The summed E-state index contributed by atoms with van der Waals surface area (Å²) in [7, 11) is 0. The Morgan fingerprint density at radius 2 is 1.95 bits per heavy atom. The van der Waals surface area contributed by atoms with Crippen molar-refractivity contribution in [2.75, 3.05) is 11.9 Å². The Hall–Kier alpha value is -1.19. The highest BCUT2D eigenvalue weighted by atomic mass is 35.5. The summed E-state index contributed by atoms with van der Waals surface area (Å²) in [5.74, 6) is 1.70. The van der Waals surface area contributed by atoms with E-state index in [4.69, 9.17) is 28.3 Å². The molecule has 3 nitrogen and oxygen atoms in total. The molecule has 2 aliphatic rings. The van der Waals surface area contributed by atoms with Crippen LogP contribution >= 0.6 is 23.2 Å². The number of nitrogens with zero attached hydrogens (tertiary/aromatic N) is 2. The van der Waals surface area contributed by atoms with Crippen LogP contribution in [0.4, 0.5) is 5.82 Å². The van der Waals surface area contributed by atoms with Gasteiger partial charge in [0.1, 0.15) is 5.82 Å². The van der Waals surface area contributed by atoms with Gasteiger partial charge in [0.15, 0.2) is 0 Å². The smallest absolute Gasteiger partial charge is 0.133 e. The van der Waals surface area contributed by atoms with E-state index in [2.05, 4.69) is 5.32 Å². The largest absolute Gasteiger partial charge is 0.369 e. The van der Waals surface area contributed by atoms with Crippen LogP contribution in [0.2, 0.25) is 10.0 Å². The Balaban J connectivity index is 1.82. The predicted molar refractivity (Wildman–Crippen MR) is 91.6 cm³/mol. The molecule has 1 aromatic carbocycles. The van der Waals surface area contributed by atoms with Gasteiger partial charge < -0.3 is 5.32 Å². The van der Waals surface area contributed by atoms with Crippen LogP contribution in [0.15, 0.2) is 18.2 Å². The van der Waals surface area contributed by atoms with Gasteiger partial charge in [-0.3, -0.25) is 0 Å². The van der Waals surface area contributed by atoms with Crippen LogP contribution in [0.25, 0.3) is 5.69 Å². The van der Waals surface area contributed by atoms with Crippen molar-refractivity contribution < 1.29 is 0 Å². The molecule has 5 heteroatoms. The summed E-state index contributed by atoms with van der Waals surface area (Å²) < 4.78 is 1.96.